The van der Waals surface area contributed by atoms with E-state index in [4.69, 9.17) is 26.8 Å². The predicted octanol–water partition coefficient (Wildman–Crippen LogP) is 0.803. The molecule has 1 amide bonds. The standard InChI is InChI=1S/C16H24ClN3O3/c1-22-11-14(18)16(21)19-10-15(20-6-8-23-9-7-20)12-4-2-3-5-13(12)17/h2-5,14-15H,6-11,18H2,1H3,(H,19,21). The van der Waals surface area contributed by atoms with Gasteiger partial charge in [0, 0.05) is 31.8 Å². The summed E-state index contributed by atoms with van der Waals surface area (Å²) in [6.07, 6.45) is 0. The topological polar surface area (TPSA) is 76.8 Å². The van der Waals surface area contributed by atoms with Gasteiger partial charge in [-0.2, -0.15) is 0 Å². The molecule has 0 aromatic heterocycles. The molecular weight excluding hydrogens is 318 g/mol. The molecule has 7 heteroatoms. The Bertz CT molecular complexity index is 509. The van der Waals surface area contributed by atoms with E-state index in [0.717, 1.165) is 18.7 Å². The molecule has 6 nitrogen and oxygen atoms in total. The number of hydrogen-bond donors (Lipinski definition) is 2. The lowest BCUT2D eigenvalue weighted by Crippen LogP contribution is -2.48. The van der Waals surface area contributed by atoms with Gasteiger partial charge >= 0.3 is 0 Å². The van der Waals surface area contributed by atoms with Crippen molar-refractivity contribution < 1.29 is 14.3 Å². The number of nitrogens with one attached hydrogen (secondary N) is 1. The van der Waals surface area contributed by atoms with Gasteiger partial charge in [-0.25, -0.2) is 0 Å². The van der Waals surface area contributed by atoms with Crippen molar-refractivity contribution in [1.82, 2.24) is 10.2 Å². The fraction of sp³-hybridized carbons (Fsp3) is 0.562. The quantitative estimate of drug-likeness (QED) is 0.767. The molecule has 0 spiro atoms. The number of nitrogens with zero attached hydrogens (tertiary/aromatic N) is 1. The van der Waals surface area contributed by atoms with Crippen molar-refractivity contribution in [1.29, 1.82) is 0 Å². The van der Waals surface area contributed by atoms with Crippen molar-refractivity contribution in [2.24, 2.45) is 5.73 Å². The van der Waals surface area contributed by atoms with Gasteiger partial charge in [0.2, 0.25) is 5.91 Å². The maximum absolute atomic E-state index is 12.0. The van der Waals surface area contributed by atoms with Crippen LogP contribution in [0.4, 0.5) is 0 Å². The van der Waals surface area contributed by atoms with Crippen LogP contribution in [-0.2, 0) is 14.3 Å². The minimum Gasteiger partial charge on any atom is -0.383 e. The van der Waals surface area contributed by atoms with Gasteiger partial charge in [0.1, 0.15) is 6.04 Å². The van der Waals surface area contributed by atoms with Crippen molar-refractivity contribution in [2.45, 2.75) is 12.1 Å². The summed E-state index contributed by atoms with van der Waals surface area (Å²) in [7, 11) is 1.52. The Hall–Kier alpha value is -1.18. The molecule has 1 heterocycles. The first-order valence-corrected chi connectivity index (χ1v) is 8.09. The van der Waals surface area contributed by atoms with Crippen LogP contribution in [0.5, 0.6) is 0 Å². The second-order valence-corrected chi connectivity index (χ2v) is 5.90. The van der Waals surface area contributed by atoms with Crippen molar-refractivity contribution in [3.63, 3.8) is 0 Å². The molecule has 128 valence electrons. The van der Waals surface area contributed by atoms with E-state index in [0.29, 0.717) is 24.8 Å². The lowest BCUT2D eigenvalue weighted by molar-refractivity contribution is -0.123. The van der Waals surface area contributed by atoms with Gasteiger partial charge in [0.25, 0.3) is 0 Å². The molecule has 0 bridgehead atoms. The average molecular weight is 342 g/mol. The molecule has 0 radical (unpaired) electrons. The number of methoxy groups -OCH3 is 1. The smallest absolute Gasteiger partial charge is 0.239 e. The third kappa shape index (κ3) is 5.16. The lowest BCUT2D eigenvalue weighted by Gasteiger charge is -2.35. The molecule has 2 atom stereocenters. The number of benzene rings is 1. The highest BCUT2D eigenvalue weighted by Crippen LogP contribution is 2.27. The maximum atomic E-state index is 12.0. The zero-order valence-corrected chi connectivity index (χ0v) is 14.1. The molecule has 1 aliphatic rings. The largest absolute Gasteiger partial charge is 0.383 e. The highest BCUT2D eigenvalue weighted by atomic mass is 35.5. The first-order valence-electron chi connectivity index (χ1n) is 7.72. The lowest BCUT2D eigenvalue weighted by atomic mass is 10.0. The summed E-state index contributed by atoms with van der Waals surface area (Å²) in [4.78, 5) is 14.3. The van der Waals surface area contributed by atoms with E-state index in [1.54, 1.807) is 0 Å². The molecule has 23 heavy (non-hydrogen) atoms. The Morgan fingerprint density at radius 3 is 2.78 bits per heavy atom. The average Bonchev–Trinajstić information content (AvgIpc) is 2.57. The van der Waals surface area contributed by atoms with E-state index >= 15 is 0 Å². The summed E-state index contributed by atoms with van der Waals surface area (Å²) in [5.74, 6) is -0.225. The fourth-order valence-corrected chi connectivity index (χ4v) is 2.92. The van der Waals surface area contributed by atoms with Crippen LogP contribution < -0.4 is 11.1 Å². The molecule has 1 aromatic carbocycles. The van der Waals surface area contributed by atoms with Crippen molar-refractivity contribution in [2.75, 3.05) is 46.6 Å². The Balaban J connectivity index is 2.08. The highest BCUT2D eigenvalue weighted by molar-refractivity contribution is 6.31. The van der Waals surface area contributed by atoms with Crippen LogP contribution >= 0.6 is 11.6 Å². The number of morpholine rings is 1. The summed E-state index contributed by atoms with van der Waals surface area (Å²) < 4.78 is 10.3. The minimum atomic E-state index is -0.670. The number of nitrogens with two attached hydrogens (primary N) is 1. The highest BCUT2D eigenvalue weighted by Gasteiger charge is 2.25. The third-order valence-corrected chi connectivity index (χ3v) is 4.25. The third-order valence-electron chi connectivity index (χ3n) is 3.90. The van der Waals surface area contributed by atoms with Gasteiger partial charge in [-0.3, -0.25) is 9.69 Å². The first-order chi connectivity index (χ1) is 11.1. The Labute approximate surface area is 141 Å². The summed E-state index contributed by atoms with van der Waals surface area (Å²) in [6, 6.07) is 7.03. The van der Waals surface area contributed by atoms with E-state index in [1.807, 2.05) is 24.3 Å². The van der Waals surface area contributed by atoms with Gasteiger partial charge < -0.3 is 20.5 Å². The number of carbonyl (C=O) groups excluding carboxylic acids is 1. The normalized spacial score (nSPS) is 18.4. The van der Waals surface area contributed by atoms with Crippen LogP contribution in [0.3, 0.4) is 0 Å². The van der Waals surface area contributed by atoms with E-state index < -0.39 is 6.04 Å². The molecule has 0 saturated carbocycles. The first kappa shape index (κ1) is 18.2. The van der Waals surface area contributed by atoms with E-state index in [2.05, 4.69) is 10.2 Å². The number of halogens is 1. The van der Waals surface area contributed by atoms with Crippen LogP contribution in [0, 0.1) is 0 Å². The fourth-order valence-electron chi connectivity index (χ4n) is 2.65. The Kier molecular flexibility index (Phi) is 7.26. The number of carbonyl (C=O) groups is 1. The molecule has 3 N–H and O–H groups in total. The number of ether oxygens (including phenoxy) is 2. The summed E-state index contributed by atoms with van der Waals surface area (Å²) in [5, 5.41) is 3.60. The van der Waals surface area contributed by atoms with Crippen molar-refractivity contribution >= 4 is 17.5 Å². The molecule has 0 aliphatic carbocycles. The molecule has 1 aromatic rings. The summed E-state index contributed by atoms with van der Waals surface area (Å²) >= 11 is 6.35. The van der Waals surface area contributed by atoms with E-state index in [9.17, 15) is 4.79 Å². The molecule has 1 fully saturated rings. The second-order valence-electron chi connectivity index (χ2n) is 5.49. The van der Waals surface area contributed by atoms with Gasteiger partial charge in [-0.05, 0) is 11.6 Å². The van der Waals surface area contributed by atoms with Crippen molar-refractivity contribution in [3.05, 3.63) is 34.9 Å². The molecule has 2 unspecified atom stereocenters. The zero-order chi connectivity index (χ0) is 16.7. The number of amides is 1. The SMILES string of the molecule is COCC(N)C(=O)NCC(c1ccccc1Cl)N1CCOCC1. The van der Waals surface area contributed by atoms with E-state index in [-0.39, 0.29) is 18.6 Å². The summed E-state index contributed by atoms with van der Waals surface area (Å²) in [6.45, 7) is 3.60. The minimum absolute atomic E-state index is 0.00806. The Morgan fingerprint density at radius 2 is 2.13 bits per heavy atom. The molecule has 1 saturated heterocycles. The molecular formula is C16H24ClN3O3. The predicted molar refractivity (Wildman–Crippen MR) is 89.4 cm³/mol. The molecule has 2 rings (SSSR count). The zero-order valence-electron chi connectivity index (χ0n) is 13.3. The van der Waals surface area contributed by atoms with Crippen LogP contribution in [0.15, 0.2) is 24.3 Å². The van der Waals surface area contributed by atoms with Crippen LogP contribution in [0.25, 0.3) is 0 Å². The monoisotopic (exact) mass is 341 g/mol. The second kappa shape index (κ2) is 9.20. The van der Waals surface area contributed by atoms with Gasteiger partial charge in [0.05, 0.1) is 25.9 Å². The number of rotatable bonds is 7. The van der Waals surface area contributed by atoms with Gasteiger partial charge in [-0.1, -0.05) is 29.8 Å². The van der Waals surface area contributed by atoms with Crippen molar-refractivity contribution in [3.8, 4) is 0 Å². The summed E-state index contributed by atoms with van der Waals surface area (Å²) in [5.41, 5.74) is 6.76. The Morgan fingerprint density at radius 1 is 1.43 bits per heavy atom. The van der Waals surface area contributed by atoms with Crippen LogP contribution in [0.1, 0.15) is 11.6 Å². The molecule has 1 aliphatic heterocycles. The van der Waals surface area contributed by atoms with Crippen LogP contribution in [0.2, 0.25) is 5.02 Å². The van der Waals surface area contributed by atoms with Gasteiger partial charge in [0.15, 0.2) is 0 Å². The van der Waals surface area contributed by atoms with Gasteiger partial charge in [-0.15, -0.1) is 0 Å². The van der Waals surface area contributed by atoms with Crippen LogP contribution in [-0.4, -0.2) is 63.4 Å². The van der Waals surface area contributed by atoms with E-state index in [1.165, 1.54) is 7.11 Å². The maximum Gasteiger partial charge on any atom is 0.239 e. The number of hydrogen-bond acceptors (Lipinski definition) is 5.